The molecule has 1 aromatic carbocycles. The number of hydrogen-bond acceptors (Lipinski definition) is 5. The fraction of sp³-hybridized carbons (Fsp3) is 0.333. The minimum Gasteiger partial charge on any atom is -0.465 e. The van der Waals surface area contributed by atoms with E-state index in [0.29, 0.717) is 22.0 Å². The SMILES string of the molecule is COC(=O)c1c(CC(C)C)csc1NC(=O)c1ccccc1SC. The predicted octanol–water partition coefficient (Wildman–Crippen LogP) is 4.71. The van der Waals surface area contributed by atoms with Gasteiger partial charge < -0.3 is 10.1 Å². The van der Waals surface area contributed by atoms with Crippen LogP contribution >= 0.6 is 23.1 Å². The first kappa shape index (κ1) is 18.5. The molecule has 0 atom stereocenters. The van der Waals surface area contributed by atoms with Crippen LogP contribution in [0.2, 0.25) is 0 Å². The van der Waals surface area contributed by atoms with E-state index >= 15 is 0 Å². The Bertz CT molecular complexity index is 738. The summed E-state index contributed by atoms with van der Waals surface area (Å²) >= 11 is 2.87. The molecule has 0 radical (unpaired) electrons. The van der Waals surface area contributed by atoms with E-state index in [1.807, 2.05) is 29.8 Å². The summed E-state index contributed by atoms with van der Waals surface area (Å²) in [6.45, 7) is 4.18. The van der Waals surface area contributed by atoms with Gasteiger partial charge in [0, 0.05) is 4.90 Å². The molecule has 1 amide bonds. The molecule has 0 saturated carbocycles. The summed E-state index contributed by atoms with van der Waals surface area (Å²) in [6.07, 6.45) is 2.69. The van der Waals surface area contributed by atoms with Crippen molar-refractivity contribution in [2.75, 3.05) is 18.7 Å². The van der Waals surface area contributed by atoms with Crippen LogP contribution < -0.4 is 5.32 Å². The van der Waals surface area contributed by atoms with E-state index in [1.165, 1.54) is 30.2 Å². The second-order valence-corrected chi connectivity index (χ2v) is 7.44. The normalized spacial score (nSPS) is 10.7. The van der Waals surface area contributed by atoms with Crippen LogP contribution in [0.15, 0.2) is 34.5 Å². The molecule has 0 aliphatic heterocycles. The summed E-state index contributed by atoms with van der Waals surface area (Å²) in [5.41, 5.74) is 1.97. The van der Waals surface area contributed by atoms with Crippen LogP contribution in [0.4, 0.5) is 5.00 Å². The molecule has 6 heteroatoms. The first-order chi connectivity index (χ1) is 11.5. The number of methoxy groups -OCH3 is 1. The van der Waals surface area contributed by atoms with Crippen LogP contribution in [-0.2, 0) is 11.2 Å². The summed E-state index contributed by atoms with van der Waals surface area (Å²) in [4.78, 5) is 25.7. The summed E-state index contributed by atoms with van der Waals surface area (Å²) in [5.74, 6) is -0.229. The highest BCUT2D eigenvalue weighted by molar-refractivity contribution is 7.98. The van der Waals surface area contributed by atoms with Gasteiger partial charge in [-0.1, -0.05) is 26.0 Å². The molecule has 4 nitrogen and oxygen atoms in total. The van der Waals surface area contributed by atoms with E-state index in [0.717, 1.165) is 16.9 Å². The first-order valence-electron chi connectivity index (χ1n) is 7.61. The number of amides is 1. The molecule has 0 unspecified atom stereocenters. The number of hydrogen-bond donors (Lipinski definition) is 1. The zero-order valence-electron chi connectivity index (χ0n) is 14.2. The van der Waals surface area contributed by atoms with Crippen molar-refractivity contribution >= 4 is 40.0 Å². The molecular formula is C18H21NO3S2. The topological polar surface area (TPSA) is 55.4 Å². The molecule has 0 spiro atoms. The van der Waals surface area contributed by atoms with Crippen LogP contribution in [0.5, 0.6) is 0 Å². The number of carbonyl (C=O) groups is 2. The average molecular weight is 364 g/mol. The zero-order chi connectivity index (χ0) is 17.7. The number of esters is 1. The number of rotatable bonds is 6. The van der Waals surface area contributed by atoms with Gasteiger partial charge in [-0.3, -0.25) is 4.79 Å². The Hall–Kier alpha value is -1.79. The minimum absolute atomic E-state index is 0.219. The number of ether oxygens (including phenoxy) is 1. The highest BCUT2D eigenvalue weighted by Gasteiger charge is 2.22. The fourth-order valence-electron chi connectivity index (χ4n) is 2.40. The Morgan fingerprint density at radius 1 is 1.29 bits per heavy atom. The highest BCUT2D eigenvalue weighted by atomic mass is 32.2. The van der Waals surface area contributed by atoms with Gasteiger partial charge in [0.25, 0.3) is 5.91 Å². The number of carbonyl (C=O) groups excluding carboxylic acids is 2. The van der Waals surface area contributed by atoms with E-state index in [2.05, 4.69) is 19.2 Å². The lowest BCUT2D eigenvalue weighted by atomic mass is 10.0. The summed E-state index contributed by atoms with van der Waals surface area (Å²) in [5, 5.41) is 5.34. The quantitative estimate of drug-likeness (QED) is 0.597. The maximum Gasteiger partial charge on any atom is 0.341 e. The Morgan fingerprint density at radius 2 is 2.00 bits per heavy atom. The molecule has 1 N–H and O–H groups in total. The van der Waals surface area contributed by atoms with Crippen LogP contribution in [0.25, 0.3) is 0 Å². The molecule has 2 rings (SSSR count). The molecule has 24 heavy (non-hydrogen) atoms. The second kappa shape index (κ2) is 8.35. The number of benzene rings is 1. The number of thioether (sulfide) groups is 1. The maximum atomic E-state index is 12.6. The predicted molar refractivity (Wildman–Crippen MR) is 100 cm³/mol. The van der Waals surface area contributed by atoms with Crippen molar-refractivity contribution in [1.29, 1.82) is 0 Å². The molecule has 0 fully saturated rings. The van der Waals surface area contributed by atoms with Crippen LogP contribution in [0.1, 0.15) is 40.1 Å². The molecule has 128 valence electrons. The molecule has 2 aromatic rings. The van der Waals surface area contributed by atoms with Gasteiger partial charge in [0.05, 0.1) is 18.2 Å². The molecule has 1 aromatic heterocycles. The smallest absolute Gasteiger partial charge is 0.341 e. The highest BCUT2D eigenvalue weighted by Crippen LogP contribution is 2.32. The first-order valence-corrected chi connectivity index (χ1v) is 9.71. The maximum absolute atomic E-state index is 12.6. The lowest BCUT2D eigenvalue weighted by molar-refractivity contribution is 0.0601. The van der Waals surface area contributed by atoms with E-state index in [4.69, 9.17) is 4.74 Å². The number of nitrogens with one attached hydrogen (secondary N) is 1. The van der Waals surface area contributed by atoms with Crippen molar-refractivity contribution in [3.8, 4) is 0 Å². The summed E-state index contributed by atoms with van der Waals surface area (Å²) < 4.78 is 4.90. The molecule has 0 saturated heterocycles. The largest absolute Gasteiger partial charge is 0.465 e. The average Bonchev–Trinajstić information content (AvgIpc) is 2.95. The molecule has 1 heterocycles. The van der Waals surface area contributed by atoms with Gasteiger partial charge in [0.1, 0.15) is 5.00 Å². The van der Waals surface area contributed by atoms with Crippen LogP contribution in [0, 0.1) is 5.92 Å². The van der Waals surface area contributed by atoms with E-state index in [1.54, 1.807) is 6.07 Å². The second-order valence-electron chi connectivity index (χ2n) is 5.71. The van der Waals surface area contributed by atoms with Crippen molar-refractivity contribution < 1.29 is 14.3 Å². The third-order valence-electron chi connectivity index (χ3n) is 3.46. The van der Waals surface area contributed by atoms with Gasteiger partial charge in [0.15, 0.2) is 0 Å². The van der Waals surface area contributed by atoms with Gasteiger partial charge >= 0.3 is 5.97 Å². The Morgan fingerprint density at radius 3 is 2.62 bits per heavy atom. The monoisotopic (exact) mass is 363 g/mol. The van der Waals surface area contributed by atoms with Gasteiger partial charge in [-0.2, -0.15) is 0 Å². The van der Waals surface area contributed by atoms with Crippen LogP contribution in [0.3, 0.4) is 0 Å². The summed E-state index contributed by atoms with van der Waals surface area (Å²) in [6, 6.07) is 7.41. The standard InChI is InChI=1S/C18H21NO3S2/c1-11(2)9-12-10-24-17(15(12)18(21)22-3)19-16(20)13-7-5-6-8-14(13)23-4/h5-8,10-11H,9H2,1-4H3,(H,19,20). The number of thiophene rings is 1. The molecule has 0 bridgehead atoms. The van der Waals surface area contributed by atoms with Crippen LogP contribution in [-0.4, -0.2) is 25.2 Å². The Balaban J connectivity index is 2.33. The fourth-order valence-corrected chi connectivity index (χ4v) is 3.96. The number of anilines is 1. The third kappa shape index (κ3) is 4.19. The van der Waals surface area contributed by atoms with Crippen molar-refractivity contribution in [2.45, 2.75) is 25.2 Å². The lowest BCUT2D eigenvalue weighted by Crippen LogP contribution is -2.15. The van der Waals surface area contributed by atoms with Crippen molar-refractivity contribution in [1.82, 2.24) is 0 Å². The molecule has 0 aliphatic carbocycles. The van der Waals surface area contributed by atoms with E-state index in [-0.39, 0.29) is 5.91 Å². The Kier molecular flexibility index (Phi) is 6.45. The van der Waals surface area contributed by atoms with E-state index in [9.17, 15) is 9.59 Å². The van der Waals surface area contributed by atoms with Crippen molar-refractivity contribution in [2.24, 2.45) is 5.92 Å². The van der Waals surface area contributed by atoms with Gasteiger partial charge in [-0.15, -0.1) is 23.1 Å². The minimum atomic E-state index is -0.416. The molecular weight excluding hydrogens is 342 g/mol. The molecule has 0 aliphatic rings. The van der Waals surface area contributed by atoms with Gasteiger partial charge in [-0.25, -0.2) is 4.79 Å². The lowest BCUT2D eigenvalue weighted by Gasteiger charge is -2.10. The third-order valence-corrected chi connectivity index (χ3v) is 5.20. The summed E-state index contributed by atoms with van der Waals surface area (Å²) in [7, 11) is 1.35. The van der Waals surface area contributed by atoms with E-state index < -0.39 is 5.97 Å². The Labute approximate surface area is 150 Å². The zero-order valence-corrected chi connectivity index (χ0v) is 15.8. The van der Waals surface area contributed by atoms with Crippen molar-refractivity contribution in [3.05, 3.63) is 46.3 Å². The van der Waals surface area contributed by atoms with Gasteiger partial charge in [0.2, 0.25) is 0 Å². The van der Waals surface area contributed by atoms with Crippen molar-refractivity contribution in [3.63, 3.8) is 0 Å². The van der Waals surface area contributed by atoms with Gasteiger partial charge in [-0.05, 0) is 41.7 Å².